The van der Waals surface area contributed by atoms with Crippen molar-refractivity contribution in [2.24, 2.45) is 0 Å². The summed E-state index contributed by atoms with van der Waals surface area (Å²) in [7, 11) is 0. The molecule has 0 amide bonds. The van der Waals surface area contributed by atoms with Gasteiger partial charge in [-0.05, 0) is 27.8 Å². The van der Waals surface area contributed by atoms with Gasteiger partial charge in [0.1, 0.15) is 0 Å². The van der Waals surface area contributed by atoms with Gasteiger partial charge in [-0.25, -0.2) is 0 Å². The van der Waals surface area contributed by atoms with E-state index in [4.69, 9.17) is 0 Å². The van der Waals surface area contributed by atoms with E-state index in [2.05, 4.69) is 18.2 Å². The highest BCUT2D eigenvalue weighted by Crippen LogP contribution is 2.48. The minimum atomic E-state index is 0.123. The van der Waals surface area contributed by atoms with Crippen molar-refractivity contribution in [3.63, 3.8) is 0 Å². The Hall–Kier alpha value is -1.60. The summed E-state index contributed by atoms with van der Waals surface area (Å²) in [5.41, 5.74) is 6.10. The van der Waals surface area contributed by atoms with Crippen molar-refractivity contribution < 1.29 is 5.11 Å². The summed E-state index contributed by atoms with van der Waals surface area (Å²) in [5, 5.41) is 9.20. The molecule has 0 bridgehead atoms. The third kappa shape index (κ3) is 0.824. The summed E-state index contributed by atoms with van der Waals surface area (Å²) >= 11 is 0. The molecule has 2 aromatic rings. The Balaban J connectivity index is 2.28. The monoisotopic (exact) mass is 182 g/mol. The highest BCUT2D eigenvalue weighted by atomic mass is 16.3. The Morgan fingerprint density at radius 1 is 0.786 bits per heavy atom. The maximum Gasteiger partial charge on any atom is 0.0688 e. The van der Waals surface area contributed by atoms with E-state index >= 15 is 0 Å². The molecule has 68 valence electrons. The van der Waals surface area contributed by atoms with Crippen molar-refractivity contribution >= 4 is 0 Å². The van der Waals surface area contributed by atoms with E-state index in [9.17, 15) is 5.11 Å². The zero-order valence-corrected chi connectivity index (χ0v) is 7.70. The fraction of sp³-hybridized carbons (Fsp3) is 0.0769. The summed E-state index contributed by atoms with van der Waals surface area (Å²) in [6.07, 6.45) is 0. The molecule has 0 spiro atoms. The molecule has 1 aliphatic carbocycles. The zero-order chi connectivity index (χ0) is 9.54. The number of fused-ring (bicyclic) bond motifs is 4. The highest BCUT2D eigenvalue weighted by Gasteiger charge is 2.23. The Bertz CT molecular complexity index is 500. The molecule has 0 saturated heterocycles. The smallest absolute Gasteiger partial charge is 0.0688 e. The molecular formula is C13H10O. The number of rotatable bonds is 1. The van der Waals surface area contributed by atoms with Crippen LogP contribution in [0.1, 0.15) is 5.56 Å². The van der Waals surface area contributed by atoms with Crippen LogP contribution in [0.15, 0.2) is 42.5 Å². The van der Waals surface area contributed by atoms with Crippen molar-refractivity contribution in [3.05, 3.63) is 48.0 Å². The van der Waals surface area contributed by atoms with Gasteiger partial charge in [-0.1, -0.05) is 42.5 Å². The molecule has 0 unspecified atom stereocenters. The van der Waals surface area contributed by atoms with Crippen molar-refractivity contribution in [3.8, 4) is 22.3 Å². The molecular weight excluding hydrogens is 172 g/mol. The van der Waals surface area contributed by atoms with E-state index in [0.717, 1.165) is 5.56 Å². The molecule has 3 rings (SSSR count). The third-order valence-corrected chi connectivity index (χ3v) is 2.81. The molecule has 1 aliphatic rings. The first-order valence-corrected chi connectivity index (χ1v) is 4.74. The van der Waals surface area contributed by atoms with E-state index in [0.29, 0.717) is 0 Å². The first kappa shape index (κ1) is 7.77. The SMILES string of the molecule is OCc1cccc2c1-c1ccccc1-2. The maximum absolute atomic E-state index is 9.20. The van der Waals surface area contributed by atoms with E-state index in [-0.39, 0.29) is 6.61 Å². The van der Waals surface area contributed by atoms with Crippen LogP contribution in [0.3, 0.4) is 0 Å². The summed E-state index contributed by atoms with van der Waals surface area (Å²) in [6.45, 7) is 0.123. The van der Waals surface area contributed by atoms with Crippen LogP contribution < -0.4 is 0 Å². The predicted octanol–water partition coefficient (Wildman–Crippen LogP) is 2.83. The summed E-state index contributed by atoms with van der Waals surface area (Å²) in [6, 6.07) is 14.4. The van der Waals surface area contributed by atoms with Crippen LogP contribution in [0.2, 0.25) is 0 Å². The van der Waals surface area contributed by atoms with E-state index in [1.807, 2.05) is 24.3 Å². The highest BCUT2D eigenvalue weighted by molar-refractivity contribution is 6.03. The lowest BCUT2D eigenvalue weighted by molar-refractivity contribution is 0.282. The third-order valence-electron chi connectivity index (χ3n) is 2.81. The molecule has 0 fully saturated rings. The minimum absolute atomic E-state index is 0.123. The molecule has 1 heteroatoms. The van der Waals surface area contributed by atoms with Crippen LogP contribution >= 0.6 is 0 Å². The second-order valence-electron chi connectivity index (χ2n) is 3.54. The van der Waals surface area contributed by atoms with Gasteiger partial charge in [0, 0.05) is 0 Å². The second-order valence-corrected chi connectivity index (χ2v) is 3.54. The minimum Gasteiger partial charge on any atom is -0.392 e. The first-order valence-electron chi connectivity index (χ1n) is 4.74. The summed E-state index contributed by atoms with van der Waals surface area (Å²) in [4.78, 5) is 0. The van der Waals surface area contributed by atoms with Crippen LogP contribution in [-0.2, 0) is 6.61 Å². The van der Waals surface area contributed by atoms with E-state index in [1.165, 1.54) is 22.3 Å². The molecule has 2 aromatic carbocycles. The molecule has 0 saturated carbocycles. The number of benzene rings is 2. The Morgan fingerprint density at radius 2 is 1.50 bits per heavy atom. The fourth-order valence-electron chi connectivity index (χ4n) is 2.15. The van der Waals surface area contributed by atoms with Crippen molar-refractivity contribution in [2.45, 2.75) is 6.61 Å². The van der Waals surface area contributed by atoms with Gasteiger partial charge in [-0.3, -0.25) is 0 Å². The molecule has 0 radical (unpaired) electrons. The molecule has 14 heavy (non-hydrogen) atoms. The molecule has 0 atom stereocenters. The van der Waals surface area contributed by atoms with Gasteiger partial charge in [0.05, 0.1) is 6.61 Å². The number of hydrogen-bond acceptors (Lipinski definition) is 1. The molecule has 0 aromatic heterocycles. The molecule has 1 N–H and O–H groups in total. The number of aliphatic hydroxyl groups excluding tert-OH is 1. The second kappa shape index (κ2) is 2.69. The normalized spacial score (nSPS) is 11.5. The van der Waals surface area contributed by atoms with Gasteiger partial charge in [0.25, 0.3) is 0 Å². The lowest BCUT2D eigenvalue weighted by Gasteiger charge is -2.25. The van der Waals surface area contributed by atoms with Crippen molar-refractivity contribution in [1.82, 2.24) is 0 Å². The zero-order valence-electron chi connectivity index (χ0n) is 7.70. The Labute approximate surface area is 82.6 Å². The van der Waals surface area contributed by atoms with E-state index in [1.54, 1.807) is 0 Å². The van der Waals surface area contributed by atoms with Crippen LogP contribution in [0.25, 0.3) is 22.3 Å². The Morgan fingerprint density at radius 3 is 2.29 bits per heavy atom. The van der Waals surface area contributed by atoms with Gasteiger partial charge < -0.3 is 5.11 Å². The quantitative estimate of drug-likeness (QED) is 0.613. The molecule has 1 nitrogen and oxygen atoms in total. The number of hydrogen-bond donors (Lipinski definition) is 1. The predicted molar refractivity (Wildman–Crippen MR) is 56.8 cm³/mol. The van der Waals surface area contributed by atoms with Crippen LogP contribution in [0.4, 0.5) is 0 Å². The van der Waals surface area contributed by atoms with Gasteiger partial charge in [0.2, 0.25) is 0 Å². The van der Waals surface area contributed by atoms with Crippen LogP contribution in [0, 0.1) is 0 Å². The topological polar surface area (TPSA) is 20.2 Å². The lowest BCUT2D eigenvalue weighted by atomic mass is 9.78. The molecule has 0 heterocycles. The van der Waals surface area contributed by atoms with Crippen molar-refractivity contribution in [2.75, 3.05) is 0 Å². The van der Waals surface area contributed by atoms with Gasteiger partial charge in [-0.15, -0.1) is 0 Å². The maximum atomic E-state index is 9.20. The van der Waals surface area contributed by atoms with Crippen molar-refractivity contribution in [1.29, 1.82) is 0 Å². The number of aliphatic hydroxyl groups is 1. The van der Waals surface area contributed by atoms with Gasteiger partial charge in [-0.2, -0.15) is 0 Å². The van der Waals surface area contributed by atoms with Crippen LogP contribution in [-0.4, -0.2) is 5.11 Å². The standard InChI is InChI=1S/C13H10O/c14-8-9-4-3-7-12-10-5-1-2-6-11(10)13(9)12/h1-7,14H,8H2. The first-order chi connectivity index (χ1) is 6.92. The fourth-order valence-corrected chi connectivity index (χ4v) is 2.15. The van der Waals surface area contributed by atoms with Gasteiger partial charge in [0.15, 0.2) is 0 Å². The average molecular weight is 182 g/mol. The van der Waals surface area contributed by atoms with E-state index < -0.39 is 0 Å². The summed E-state index contributed by atoms with van der Waals surface area (Å²) < 4.78 is 0. The largest absolute Gasteiger partial charge is 0.392 e. The average Bonchev–Trinajstić information content (AvgIpc) is 2.24. The Kier molecular flexibility index (Phi) is 1.49. The molecule has 0 aliphatic heterocycles. The van der Waals surface area contributed by atoms with Gasteiger partial charge >= 0.3 is 0 Å². The summed E-state index contributed by atoms with van der Waals surface area (Å²) in [5.74, 6) is 0. The van der Waals surface area contributed by atoms with Crippen LogP contribution in [0.5, 0.6) is 0 Å². The lowest BCUT2D eigenvalue weighted by Crippen LogP contribution is -2.02.